The monoisotopic (exact) mass is 354 g/mol. The molecular formula is C15H18N2O4S2. The molecule has 3 rings (SSSR count). The van der Waals surface area contributed by atoms with E-state index in [1.807, 2.05) is 19.1 Å². The minimum absolute atomic E-state index is 0.166. The molecule has 0 unspecified atom stereocenters. The molecule has 3 heterocycles. The molecule has 0 aliphatic carbocycles. The number of hydrogen-bond acceptors (Lipinski definition) is 6. The van der Waals surface area contributed by atoms with E-state index in [2.05, 4.69) is 4.98 Å². The van der Waals surface area contributed by atoms with E-state index in [4.69, 9.17) is 9.47 Å². The van der Waals surface area contributed by atoms with Crippen LogP contribution in [-0.2, 0) is 10.0 Å². The molecule has 0 N–H and O–H groups in total. The molecule has 0 amide bonds. The molecule has 0 aromatic carbocycles. The van der Waals surface area contributed by atoms with Crippen molar-refractivity contribution < 1.29 is 17.9 Å². The standard InChI is InChI=1S/C15H18N2O4S2/c1-11-3-4-12(9-16-11)21-13-5-7-17(10-13)23(18,19)15-14(20-2)6-8-22-15/h3-4,6,8-9,13H,5,7,10H2,1-2H3/t13-/m0/s1. The van der Waals surface area contributed by atoms with Gasteiger partial charge < -0.3 is 9.47 Å². The van der Waals surface area contributed by atoms with Crippen molar-refractivity contribution in [2.24, 2.45) is 0 Å². The van der Waals surface area contributed by atoms with Crippen LogP contribution < -0.4 is 9.47 Å². The van der Waals surface area contributed by atoms with E-state index in [0.29, 0.717) is 31.0 Å². The molecule has 1 fully saturated rings. The average molecular weight is 354 g/mol. The Balaban J connectivity index is 1.70. The van der Waals surface area contributed by atoms with Gasteiger partial charge in [-0.05, 0) is 36.9 Å². The number of hydrogen-bond donors (Lipinski definition) is 0. The van der Waals surface area contributed by atoms with E-state index in [1.165, 1.54) is 22.8 Å². The van der Waals surface area contributed by atoms with E-state index < -0.39 is 10.0 Å². The summed E-state index contributed by atoms with van der Waals surface area (Å²) < 4.78 is 38.1. The van der Waals surface area contributed by atoms with Gasteiger partial charge in [-0.25, -0.2) is 8.42 Å². The van der Waals surface area contributed by atoms with Crippen molar-refractivity contribution in [2.75, 3.05) is 20.2 Å². The Hall–Kier alpha value is -1.64. The summed E-state index contributed by atoms with van der Waals surface area (Å²) in [6.45, 7) is 2.67. The molecule has 0 bridgehead atoms. The van der Waals surface area contributed by atoms with Crippen LogP contribution in [0.3, 0.4) is 0 Å². The fraction of sp³-hybridized carbons (Fsp3) is 0.400. The topological polar surface area (TPSA) is 68.7 Å². The van der Waals surface area contributed by atoms with Gasteiger partial charge in [0.2, 0.25) is 0 Å². The molecule has 2 aromatic heterocycles. The van der Waals surface area contributed by atoms with Gasteiger partial charge in [-0.2, -0.15) is 4.31 Å². The number of sulfonamides is 1. The highest BCUT2D eigenvalue weighted by Crippen LogP contribution is 2.33. The third-order valence-corrected chi connectivity index (χ3v) is 6.97. The summed E-state index contributed by atoms with van der Waals surface area (Å²) in [5, 5.41) is 1.72. The smallest absolute Gasteiger partial charge is 0.256 e. The molecule has 1 atom stereocenters. The third-order valence-electron chi connectivity index (χ3n) is 3.68. The first-order chi connectivity index (χ1) is 11.0. The SMILES string of the molecule is COc1ccsc1S(=O)(=O)N1CC[C@H](Oc2ccc(C)nc2)C1. The Morgan fingerprint density at radius 2 is 2.17 bits per heavy atom. The minimum atomic E-state index is -3.54. The quantitative estimate of drug-likeness (QED) is 0.824. The van der Waals surface area contributed by atoms with Crippen LogP contribution >= 0.6 is 11.3 Å². The normalized spacial score (nSPS) is 19.0. The first kappa shape index (κ1) is 16.2. The second-order valence-corrected chi connectivity index (χ2v) is 8.35. The maximum atomic E-state index is 12.7. The van der Waals surface area contributed by atoms with Gasteiger partial charge in [-0.3, -0.25) is 4.98 Å². The zero-order valence-corrected chi connectivity index (χ0v) is 14.6. The molecule has 0 radical (unpaired) electrons. The Labute approximate surface area is 139 Å². The number of nitrogens with zero attached hydrogens (tertiary/aromatic N) is 2. The molecule has 0 spiro atoms. The lowest BCUT2D eigenvalue weighted by Crippen LogP contribution is -2.30. The van der Waals surface area contributed by atoms with Gasteiger partial charge in [0.05, 0.1) is 19.9 Å². The van der Waals surface area contributed by atoms with Crippen LogP contribution in [0.1, 0.15) is 12.1 Å². The van der Waals surface area contributed by atoms with Crippen LogP contribution in [0.5, 0.6) is 11.5 Å². The summed E-state index contributed by atoms with van der Waals surface area (Å²) in [6, 6.07) is 5.39. The number of ether oxygens (including phenoxy) is 2. The van der Waals surface area contributed by atoms with Gasteiger partial charge in [0, 0.05) is 12.2 Å². The lowest BCUT2D eigenvalue weighted by atomic mass is 10.3. The summed E-state index contributed by atoms with van der Waals surface area (Å²) in [6.07, 6.45) is 2.15. The van der Waals surface area contributed by atoms with Crippen molar-refractivity contribution >= 4 is 21.4 Å². The number of thiophene rings is 1. The van der Waals surface area contributed by atoms with Gasteiger partial charge in [-0.15, -0.1) is 11.3 Å². The lowest BCUT2D eigenvalue weighted by Gasteiger charge is -2.17. The van der Waals surface area contributed by atoms with Gasteiger partial charge in [-0.1, -0.05) is 0 Å². The Kier molecular flexibility index (Phi) is 4.56. The maximum Gasteiger partial charge on any atom is 0.256 e. The zero-order chi connectivity index (χ0) is 16.4. The first-order valence-corrected chi connectivity index (χ1v) is 9.53. The van der Waals surface area contributed by atoms with Gasteiger partial charge in [0.1, 0.15) is 17.6 Å². The highest BCUT2D eigenvalue weighted by molar-refractivity contribution is 7.91. The molecular weight excluding hydrogens is 336 g/mol. The van der Waals surface area contributed by atoms with Crippen LogP contribution in [0.4, 0.5) is 0 Å². The number of pyridine rings is 1. The van der Waals surface area contributed by atoms with Crippen LogP contribution in [0.25, 0.3) is 0 Å². The maximum absolute atomic E-state index is 12.7. The van der Waals surface area contributed by atoms with Crippen LogP contribution in [-0.4, -0.2) is 44.0 Å². The van der Waals surface area contributed by atoms with E-state index in [-0.39, 0.29) is 10.3 Å². The molecule has 124 valence electrons. The summed E-state index contributed by atoms with van der Waals surface area (Å²) in [5.41, 5.74) is 0.915. The van der Waals surface area contributed by atoms with Crippen molar-refractivity contribution in [2.45, 2.75) is 23.7 Å². The lowest BCUT2D eigenvalue weighted by molar-refractivity contribution is 0.214. The summed E-state index contributed by atoms with van der Waals surface area (Å²) in [7, 11) is -2.07. The molecule has 23 heavy (non-hydrogen) atoms. The molecule has 1 saturated heterocycles. The van der Waals surface area contributed by atoms with E-state index >= 15 is 0 Å². The minimum Gasteiger partial charge on any atom is -0.494 e. The number of aryl methyl sites for hydroxylation is 1. The highest BCUT2D eigenvalue weighted by Gasteiger charge is 2.36. The third kappa shape index (κ3) is 3.34. The van der Waals surface area contributed by atoms with Gasteiger partial charge in [0.15, 0.2) is 4.21 Å². The zero-order valence-electron chi connectivity index (χ0n) is 12.9. The molecule has 1 aliphatic rings. The summed E-state index contributed by atoms with van der Waals surface area (Å²) in [5.74, 6) is 1.05. The van der Waals surface area contributed by atoms with Crippen molar-refractivity contribution in [3.63, 3.8) is 0 Å². The van der Waals surface area contributed by atoms with Crippen LogP contribution in [0.15, 0.2) is 34.0 Å². The second-order valence-electron chi connectivity index (χ2n) is 5.30. The average Bonchev–Trinajstić information content (AvgIpc) is 3.19. The fourth-order valence-corrected chi connectivity index (χ4v) is 5.37. The highest BCUT2D eigenvalue weighted by atomic mass is 32.2. The Morgan fingerprint density at radius 3 is 2.87 bits per heavy atom. The van der Waals surface area contributed by atoms with Crippen molar-refractivity contribution in [1.29, 1.82) is 0 Å². The van der Waals surface area contributed by atoms with E-state index in [1.54, 1.807) is 17.6 Å². The Morgan fingerprint density at radius 1 is 1.35 bits per heavy atom. The van der Waals surface area contributed by atoms with Crippen LogP contribution in [0, 0.1) is 6.92 Å². The molecule has 0 saturated carbocycles. The molecule has 8 heteroatoms. The molecule has 1 aliphatic heterocycles. The number of rotatable bonds is 5. The van der Waals surface area contributed by atoms with E-state index in [9.17, 15) is 8.42 Å². The fourth-order valence-electron chi connectivity index (χ4n) is 2.47. The van der Waals surface area contributed by atoms with Crippen molar-refractivity contribution in [3.8, 4) is 11.5 Å². The van der Waals surface area contributed by atoms with E-state index in [0.717, 1.165) is 5.69 Å². The Bertz CT molecular complexity index is 771. The summed E-state index contributed by atoms with van der Waals surface area (Å²) >= 11 is 1.17. The van der Waals surface area contributed by atoms with Crippen LogP contribution in [0.2, 0.25) is 0 Å². The molecule has 6 nitrogen and oxygen atoms in total. The second kappa shape index (κ2) is 6.46. The molecule has 2 aromatic rings. The largest absolute Gasteiger partial charge is 0.494 e. The number of methoxy groups -OCH3 is 1. The van der Waals surface area contributed by atoms with Crippen molar-refractivity contribution in [1.82, 2.24) is 9.29 Å². The van der Waals surface area contributed by atoms with Crippen molar-refractivity contribution in [3.05, 3.63) is 35.5 Å². The first-order valence-electron chi connectivity index (χ1n) is 7.21. The van der Waals surface area contributed by atoms with Gasteiger partial charge in [0.25, 0.3) is 10.0 Å². The predicted molar refractivity (Wildman–Crippen MR) is 87.6 cm³/mol. The predicted octanol–water partition coefficient (Wildman–Crippen LogP) is 2.30. The number of aromatic nitrogens is 1. The van der Waals surface area contributed by atoms with Gasteiger partial charge >= 0.3 is 0 Å². The summed E-state index contributed by atoms with van der Waals surface area (Å²) in [4.78, 5) is 4.18.